The van der Waals surface area contributed by atoms with Crippen molar-refractivity contribution >= 4 is 21.5 Å². The van der Waals surface area contributed by atoms with Crippen molar-refractivity contribution in [3.63, 3.8) is 0 Å². The summed E-state index contributed by atoms with van der Waals surface area (Å²) in [6.45, 7) is 4.39. The fourth-order valence-electron chi connectivity index (χ4n) is 2.65. The molecule has 1 heterocycles. The average Bonchev–Trinajstić information content (AvgIpc) is 2.97. The van der Waals surface area contributed by atoms with Crippen LogP contribution in [0.5, 0.6) is 0 Å². The molecule has 0 saturated carbocycles. The molecule has 0 aromatic heterocycles. The maximum atomic E-state index is 12.2. The third-order valence-electron chi connectivity index (χ3n) is 3.70. The van der Waals surface area contributed by atoms with Crippen LogP contribution in [0.2, 0.25) is 0 Å². The van der Waals surface area contributed by atoms with Crippen molar-refractivity contribution in [2.75, 3.05) is 23.8 Å². The lowest BCUT2D eigenvalue weighted by molar-refractivity contribution is -0.144. The van der Waals surface area contributed by atoms with E-state index >= 15 is 0 Å². The summed E-state index contributed by atoms with van der Waals surface area (Å²) in [6.07, 6.45) is 1.54. The molecule has 1 aromatic rings. The average molecular weight is 311 g/mol. The Bertz CT molecular complexity index is 612. The maximum Gasteiger partial charge on any atom is 0.328 e. The van der Waals surface area contributed by atoms with Crippen LogP contribution in [0.25, 0.3) is 0 Å². The molecule has 0 aliphatic carbocycles. The van der Waals surface area contributed by atoms with Crippen molar-refractivity contribution < 1.29 is 17.9 Å². The minimum absolute atomic E-state index is 0.0436. The molecule has 6 heteroatoms. The van der Waals surface area contributed by atoms with E-state index in [0.717, 1.165) is 6.42 Å². The molecule has 0 radical (unpaired) electrons. The van der Waals surface area contributed by atoms with Crippen LogP contribution in [0.1, 0.15) is 26.7 Å². The Labute approximate surface area is 125 Å². The highest BCUT2D eigenvalue weighted by Gasteiger charge is 2.34. The smallest absolute Gasteiger partial charge is 0.328 e. The first-order chi connectivity index (χ1) is 10.0. The first-order valence-electron chi connectivity index (χ1n) is 7.26. The Morgan fingerprint density at radius 2 is 2.05 bits per heavy atom. The fraction of sp³-hybridized carbons (Fsp3) is 0.533. The van der Waals surface area contributed by atoms with E-state index in [1.165, 1.54) is 0 Å². The minimum atomic E-state index is -3.32. The van der Waals surface area contributed by atoms with Gasteiger partial charge in [-0.15, -0.1) is 0 Å². The van der Waals surface area contributed by atoms with Gasteiger partial charge in [-0.3, -0.25) is 0 Å². The van der Waals surface area contributed by atoms with E-state index in [-0.39, 0.29) is 11.7 Å². The quantitative estimate of drug-likeness (QED) is 0.778. The zero-order valence-electron chi connectivity index (χ0n) is 12.4. The molecule has 1 unspecified atom stereocenters. The number of ether oxygens (including phenoxy) is 1. The Kier molecular flexibility index (Phi) is 4.88. The molecule has 21 heavy (non-hydrogen) atoms. The highest BCUT2D eigenvalue weighted by atomic mass is 32.2. The van der Waals surface area contributed by atoms with Crippen molar-refractivity contribution in [1.29, 1.82) is 0 Å². The van der Waals surface area contributed by atoms with Crippen LogP contribution in [-0.4, -0.2) is 39.3 Å². The van der Waals surface area contributed by atoms with Gasteiger partial charge in [0.25, 0.3) is 0 Å². The number of esters is 1. The van der Waals surface area contributed by atoms with Crippen LogP contribution in [0.15, 0.2) is 29.2 Å². The standard InChI is InChI=1S/C15H21NO4S/c1-3-20-15(17)13-9-7-11-16(13)12-8-5-6-10-14(12)21(18,19)4-2/h5-6,8,10,13H,3-4,7,9,11H2,1-2H3. The Hall–Kier alpha value is -1.56. The van der Waals surface area contributed by atoms with E-state index in [4.69, 9.17) is 4.74 Å². The van der Waals surface area contributed by atoms with Gasteiger partial charge in [-0.05, 0) is 31.9 Å². The number of anilines is 1. The second kappa shape index (κ2) is 6.47. The summed E-state index contributed by atoms with van der Waals surface area (Å²) in [5.74, 6) is -0.235. The van der Waals surface area contributed by atoms with Gasteiger partial charge < -0.3 is 9.64 Å². The third-order valence-corrected chi connectivity index (χ3v) is 5.48. The van der Waals surface area contributed by atoms with E-state index in [9.17, 15) is 13.2 Å². The van der Waals surface area contributed by atoms with Crippen LogP contribution in [0.3, 0.4) is 0 Å². The van der Waals surface area contributed by atoms with Crippen molar-refractivity contribution in [2.45, 2.75) is 37.6 Å². The van der Waals surface area contributed by atoms with E-state index < -0.39 is 15.9 Å². The van der Waals surface area contributed by atoms with Crippen molar-refractivity contribution in [2.24, 2.45) is 0 Å². The topological polar surface area (TPSA) is 63.7 Å². The molecule has 116 valence electrons. The van der Waals surface area contributed by atoms with Gasteiger partial charge in [0, 0.05) is 6.54 Å². The normalized spacial score (nSPS) is 18.8. The van der Waals surface area contributed by atoms with Gasteiger partial charge in [0.15, 0.2) is 9.84 Å². The molecule has 1 atom stereocenters. The molecule has 2 rings (SSSR count). The molecule has 1 saturated heterocycles. The number of benzene rings is 1. The van der Waals surface area contributed by atoms with Gasteiger partial charge in [0.2, 0.25) is 0 Å². The van der Waals surface area contributed by atoms with Crippen molar-refractivity contribution in [3.05, 3.63) is 24.3 Å². The predicted molar refractivity (Wildman–Crippen MR) is 81.2 cm³/mol. The lowest BCUT2D eigenvalue weighted by Crippen LogP contribution is -2.38. The monoisotopic (exact) mass is 311 g/mol. The molecule has 1 aromatic carbocycles. The summed E-state index contributed by atoms with van der Waals surface area (Å²) in [4.78, 5) is 14.2. The molecular formula is C15H21NO4S. The van der Waals surface area contributed by atoms with Gasteiger partial charge >= 0.3 is 5.97 Å². The zero-order chi connectivity index (χ0) is 15.5. The van der Waals surface area contributed by atoms with Crippen LogP contribution < -0.4 is 4.90 Å². The molecule has 5 nitrogen and oxygen atoms in total. The van der Waals surface area contributed by atoms with Gasteiger partial charge in [0.1, 0.15) is 6.04 Å². The molecule has 1 aliphatic rings. The number of carbonyl (C=O) groups excluding carboxylic acids is 1. The molecule has 0 bridgehead atoms. The van der Waals surface area contributed by atoms with E-state index in [0.29, 0.717) is 30.2 Å². The highest BCUT2D eigenvalue weighted by Crippen LogP contribution is 2.32. The number of rotatable bonds is 5. The summed E-state index contributed by atoms with van der Waals surface area (Å²) in [6, 6.07) is 6.49. The summed E-state index contributed by atoms with van der Waals surface area (Å²) < 4.78 is 29.6. The zero-order valence-corrected chi connectivity index (χ0v) is 13.2. The summed E-state index contributed by atoms with van der Waals surface area (Å²) in [5, 5.41) is 0. The lowest BCUT2D eigenvalue weighted by atomic mass is 10.2. The fourth-order valence-corrected chi connectivity index (χ4v) is 3.75. The van der Waals surface area contributed by atoms with Crippen LogP contribution in [-0.2, 0) is 19.4 Å². The van der Waals surface area contributed by atoms with E-state index in [1.807, 2.05) is 4.90 Å². The number of hydrogen-bond donors (Lipinski definition) is 0. The van der Waals surface area contributed by atoms with Crippen LogP contribution >= 0.6 is 0 Å². The summed E-state index contributed by atoms with van der Waals surface area (Å²) in [7, 11) is -3.32. The lowest BCUT2D eigenvalue weighted by Gasteiger charge is -2.27. The summed E-state index contributed by atoms with van der Waals surface area (Å²) >= 11 is 0. The highest BCUT2D eigenvalue weighted by molar-refractivity contribution is 7.91. The minimum Gasteiger partial charge on any atom is -0.464 e. The molecule has 0 amide bonds. The predicted octanol–water partition coefficient (Wildman–Crippen LogP) is 2.01. The number of nitrogens with zero attached hydrogens (tertiary/aromatic N) is 1. The molecule has 0 spiro atoms. The maximum absolute atomic E-state index is 12.2. The van der Waals surface area contributed by atoms with Gasteiger partial charge in [-0.25, -0.2) is 13.2 Å². The second-order valence-corrected chi connectivity index (χ2v) is 7.22. The Morgan fingerprint density at radius 3 is 2.71 bits per heavy atom. The second-order valence-electron chi connectivity index (χ2n) is 4.97. The number of carbonyl (C=O) groups is 1. The van der Waals surface area contributed by atoms with Gasteiger partial charge in [-0.2, -0.15) is 0 Å². The Morgan fingerprint density at radius 1 is 1.33 bits per heavy atom. The van der Waals surface area contributed by atoms with Gasteiger partial charge in [0.05, 0.1) is 22.9 Å². The van der Waals surface area contributed by atoms with Crippen LogP contribution in [0, 0.1) is 0 Å². The van der Waals surface area contributed by atoms with E-state index in [2.05, 4.69) is 0 Å². The largest absolute Gasteiger partial charge is 0.464 e. The molecular weight excluding hydrogens is 290 g/mol. The number of para-hydroxylation sites is 1. The van der Waals surface area contributed by atoms with Crippen molar-refractivity contribution in [3.8, 4) is 0 Å². The molecule has 1 fully saturated rings. The summed E-state index contributed by atoms with van der Waals surface area (Å²) in [5.41, 5.74) is 0.606. The van der Waals surface area contributed by atoms with E-state index in [1.54, 1.807) is 38.1 Å². The van der Waals surface area contributed by atoms with Crippen molar-refractivity contribution in [1.82, 2.24) is 0 Å². The molecule has 0 N–H and O–H groups in total. The SMILES string of the molecule is CCOC(=O)C1CCCN1c1ccccc1S(=O)(=O)CC. The Balaban J connectivity index is 2.40. The number of hydrogen-bond acceptors (Lipinski definition) is 5. The molecule has 1 aliphatic heterocycles. The first-order valence-corrected chi connectivity index (χ1v) is 8.91. The number of sulfone groups is 1. The van der Waals surface area contributed by atoms with Gasteiger partial charge in [-0.1, -0.05) is 19.1 Å². The third kappa shape index (κ3) is 3.20. The van der Waals surface area contributed by atoms with Crippen LogP contribution in [0.4, 0.5) is 5.69 Å². The first kappa shape index (κ1) is 15.8.